The van der Waals surface area contributed by atoms with E-state index in [2.05, 4.69) is 21.2 Å². The summed E-state index contributed by atoms with van der Waals surface area (Å²) < 4.78 is 12.4. The average molecular weight is 371 g/mol. The summed E-state index contributed by atoms with van der Waals surface area (Å²) in [5, 5.41) is 3.74. The third-order valence-corrected chi connectivity index (χ3v) is 4.01. The SMILES string of the molecule is CNCc1cc(Cl)cc(OC)c1OCc1ccccc1Br. The maximum absolute atomic E-state index is 6.11. The molecule has 0 amide bonds. The largest absolute Gasteiger partial charge is 0.493 e. The lowest BCUT2D eigenvalue weighted by molar-refractivity contribution is 0.280. The van der Waals surface area contributed by atoms with Crippen LogP contribution in [0.4, 0.5) is 0 Å². The van der Waals surface area contributed by atoms with Gasteiger partial charge in [0.25, 0.3) is 0 Å². The van der Waals surface area contributed by atoms with E-state index in [1.807, 2.05) is 37.4 Å². The summed E-state index contributed by atoms with van der Waals surface area (Å²) in [7, 11) is 3.49. The lowest BCUT2D eigenvalue weighted by Crippen LogP contribution is -2.09. The first-order chi connectivity index (χ1) is 10.2. The number of hydrogen-bond donors (Lipinski definition) is 1. The maximum atomic E-state index is 6.11. The minimum absolute atomic E-state index is 0.454. The molecule has 5 heteroatoms. The molecule has 3 nitrogen and oxygen atoms in total. The highest BCUT2D eigenvalue weighted by molar-refractivity contribution is 9.10. The molecule has 0 aliphatic carbocycles. The number of methoxy groups -OCH3 is 1. The van der Waals surface area contributed by atoms with Crippen LogP contribution in [0.3, 0.4) is 0 Å². The Hall–Kier alpha value is -1.23. The Labute approximate surface area is 138 Å². The third-order valence-electron chi connectivity index (χ3n) is 3.01. The molecule has 0 bridgehead atoms. The summed E-state index contributed by atoms with van der Waals surface area (Å²) in [6, 6.07) is 11.6. The Morgan fingerprint density at radius 1 is 1.19 bits per heavy atom. The molecule has 0 saturated carbocycles. The van der Waals surface area contributed by atoms with Crippen molar-refractivity contribution in [2.24, 2.45) is 0 Å². The summed E-state index contributed by atoms with van der Waals surface area (Å²) in [5.41, 5.74) is 2.04. The quantitative estimate of drug-likeness (QED) is 0.817. The van der Waals surface area contributed by atoms with Crippen molar-refractivity contribution in [1.82, 2.24) is 5.32 Å². The van der Waals surface area contributed by atoms with Crippen LogP contribution in [0, 0.1) is 0 Å². The van der Waals surface area contributed by atoms with Gasteiger partial charge in [-0.2, -0.15) is 0 Å². The average Bonchev–Trinajstić information content (AvgIpc) is 2.47. The molecule has 0 heterocycles. The Bertz CT molecular complexity index is 619. The van der Waals surface area contributed by atoms with Crippen molar-refractivity contribution >= 4 is 27.5 Å². The Balaban J connectivity index is 2.27. The molecule has 1 N–H and O–H groups in total. The monoisotopic (exact) mass is 369 g/mol. The lowest BCUT2D eigenvalue weighted by atomic mass is 10.1. The van der Waals surface area contributed by atoms with Gasteiger partial charge in [0, 0.05) is 33.2 Å². The van der Waals surface area contributed by atoms with Crippen LogP contribution in [0.2, 0.25) is 5.02 Å². The van der Waals surface area contributed by atoms with Crippen molar-refractivity contribution in [2.45, 2.75) is 13.2 Å². The van der Waals surface area contributed by atoms with E-state index in [9.17, 15) is 0 Å². The topological polar surface area (TPSA) is 30.5 Å². The number of ether oxygens (including phenoxy) is 2. The molecular weight excluding hydrogens is 354 g/mol. The minimum Gasteiger partial charge on any atom is -0.493 e. The van der Waals surface area contributed by atoms with Gasteiger partial charge in [-0.05, 0) is 19.2 Å². The second-order valence-corrected chi connectivity index (χ2v) is 5.80. The van der Waals surface area contributed by atoms with Crippen LogP contribution < -0.4 is 14.8 Å². The predicted octanol–water partition coefficient (Wildman–Crippen LogP) is 4.41. The zero-order chi connectivity index (χ0) is 15.2. The van der Waals surface area contributed by atoms with Gasteiger partial charge in [-0.3, -0.25) is 0 Å². The molecule has 0 saturated heterocycles. The van der Waals surface area contributed by atoms with Gasteiger partial charge >= 0.3 is 0 Å². The van der Waals surface area contributed by atoms with E-state index >= 15 is 0 Å². The number of benzene rings is 2. The van der Waals surface area contributed by atoms with Gasteiger partial charge in [-0.25, -0.2) is 0 Å². The fraction of sp³-hybridized carbons (Fsp3) is 0.250. The third kappa shape index (κ3) is 4.13. The van der Waals surface area contributed by atoms with Crippen LogP contribution in [0.1, 0.15) is 11.1 Å². The highest BCUT2D eigenvalue weighted by atomic mass is 79.9. The van der Waals surface area contributed by atoms with Crippen LogP contribution in [-0.2, 0) is 13.2 Å². The first kappa shape index (κ1) is 16.1. The summed E-state index contributed by atoms with van der Waals surface area (Å²) in [6.07, 6.45) is 0. The summed E-state index contributed by atoms with van der Waals surface area (Å²) in [6.45, 7) is 1.11. The fourth-order valence-electron chi connectivity index (χ4n) is 2.03. The molecule has 0 aromatic heterocycles. The van der Waals surface area contributed by atoms with Gasteiger partial charge in [-0.1, -0.05) is 45.7 Å². The van der Waals surface area contributed by atoms with Gasteiger partial charge in [0.15, 0.2) is 11.5 Å². The van der Waals surface area contributed by atoms with Gasteiger partial charge in [0.1, 0.15) is 6.61 Å². The van der Waals surface area contributed by atoms with Gasteiger partial charge in [-0.15, -0.1) is 0 Å². The Kier molecular flexibility index (Phi) is 5.91. The van der Waals surface area contributed by atoms with Crippen molar-refractivity contribution in [1.29, 1.82) is 0 Å². The second kappa shape index (κ2) is 7.69. The van der Waals surface area contributed by atoms with E-state index in [1.165, 1.54) is 0 Å². The molecule has 0 radical (unpaired) electrons. The molecule has 0 aliphatic rings. The first-order valence-corrected chi connectivity index (χ1v) is 7.70. The van der Waals surface area contributed by atoms with Crippen LogP contribution in [0.5, 0.6) is 11.5 Å². The number of rotatable bonds is 6. The van der Waals surface area contributed by atoms with E-state index in [0.717, 1.165) is 15.6 Å². The maximum Gasteiger partial charge on any atom is 0.166 e. The predicted molar refractivity (Wildman–Crippen MR) is 89.2 cm³/mol. The van der Waals surface area contributed by atoms with E-state index < -0.39 is 0 Å². The van der Waals surface area contributed by atoms with Crippen LogP contribution in [-0.4, -0.2) is 14.2 Å². The molecule has 0 spiro atoms. The van der Waals surface area contributed by atoms with Crippen molar-refractivity contribution in [3.63, 3.8) is 0 Å². The molecule has 0 aliphatic heterocycles. The van der Waals surface area contributed by atoms with Crippen molar-refractivity contribution in [2.75, 3.05) is 14.2 Å². The Morgan fingerprint density at radius 3 is 2.62 bits per heavy atom. The highest BCUT2D eigenvalue weighted by Gasteiger charge is 2.13. The molecular formula is C16H17BrClNO2. The summed E-state index contributed by atoms with van der Waals surface area (Å²) in [4.78, 5) is 0. The molecule has 0 unspecified atom stereocenters. The molecule has 0 fully saturated rings. The number of halogens is 2. The molecule has 2 rings (SSSR count). The zero-order valence-corrected chi connectivity index (χ0v) is 14.3. The number of nitrogens with one attached hydrogen (secondary N) is 1. The molecule has 2 aromatic rings. The first-order valence-electron chi connectivity index (χ1n) is 6.53. The molecule has 2 aromatic carbocycles. The fourth-order valence-corrected chi connectivity index (χ4v) is 2.66. The van der Waals surface area contributed by atoms with E-state index in [0.29, 0.717) is 29.7 Å². The molecule has 0 atom stereocenters. The molecule has 21 heavy (non-hydrogen) atoms. The number of hydrogen-bond acceptors (Lipinski definition) is 3. The summed E-state index contributed by atoms with van der Waals surface area (Å²) in [5.74, 6) is 1.35. The standard InChI is InChI=1S/C16H17BrClNO2/c1-19-9-12-7-13(18)8-15(20-2)16(12)21-10-11-5-3-4-6-14(11)17/h3-8,19H,9-10H2,1-2H3. The van der Waals surface area contributed by atoms with E-state index in [1.54, 1.807) is 13.2 Å². The second-order valence-electron chi connectivity index (χ2n) is 4.51. The minimum atomic E-state index is 0.454. The van der Waals surface area contributed by atoms with Crippen molar-refractivity contribution < 1.29 is 9.47 Å². The highest BCUT2D eigenvalue weighted by Crippen LogP contribution is 2.35. The van der Waals surface area contributed by atoms with Crippen LogP contribution >= 0.6 is 27.5 Å². The van der Waals surface area contributed by atoms with E-state index in [4.69, 9.17) is 21.1 Å². The molecule has 112 valence electrons. The lowest BCUT2D eigenvalue weighted by Gasteiger charge is -2.16. The smallest absolute Gasteiger partial charge is 0.166 e. The van der Waals surface area contributed by atoms with Crippen molar-refractivity contribution in [3.8, 4) is 11.5 Å². The Morgan fingerprint density at radius 2 is 1.95 bits per heavy atom. The summed E-state index contributed by atoms with van der Waals surface area (Å²) >= 11 is 9.63. The normalized spacial score (nSPS) is 10.5. The zero-order valence-electron chi connectivity index (χ0n) is 12.0. The van der Waals surface area contributed by atoms with Gasteiger partial charge < -0.3 is 14.8 Å². The van der Waals surface area contributed by atoms with Gasteiger partial charge in [0.05, 0.1) is 7.11 Å². The van der Waals surface area contributed by atoms with Crippen LogP contribution in [0.15, 0.2) is 40.9 Å². The van der Waals surface area contributed by atoms with E-state index in [-0.39, 0.29) is 0 Å². The van der Waals surface area contributed by atoms with Gasteiger partial charge in [0.2, 0.25) is 0 Å². The van der Waals surface area contributed by atoms with Crippen LogP contribution in [0.25, 0.3) is 0 Å². The van der Waals surface area contributed by atoms with Crippen molar-refractivity contribution in [3.05, 3.63) is 57.0 Å².